The molecule has 2 N–H and O–H groups in total. The van der Waals surface area contributed by atoms with Gasteiger partial charge in [-0.15, -0.1) is 0 Å². The zero-order valence-electron chi connectivity index (χ0n) is 11.3. The van der Waals surface area contributed by atoms with Crippen LogP contribution in [0.15, 0.2) is 42.5 Å². The number of hydrogen-bond acceptors (Lipinski definition) is 4. The van der Waals surface area contributed by atoms with E-state index in [4.69, 9.17) is 10.5 Å². The van der Waals surface area contributed by atoms with E-state index in [0.29, 0.717) is 18.7 Å². The van der Waals surface area contributed by atoms with Gasteiger partial charge in [-0.1, -0.05) is 18.2 Å². The molecule has 0 amide bonds. The number of nitro groups is 1. The number of ether oxygens (including phenoxy) is 1. The molecule has 0 aliphatic heterocycles. The van der Waals surface area contributed by atoms with Crippen LogP contribution in [-0.4, -0.2) is 11.5 Å². The Morgan fingerprint density at radius 3 is 2.67 bits per heavy atom. The van der Waals surface area contributed by atoms with Crippen molar-refractivity contribution in [3.05, 3.63) is 69.5 Å². The van der Waals surface area contributed by atoms with Crippen LogP contribution in [0.3, 0.4) is 0 Å². The van der Waals surface area contributed by atoms with Gasteiger partial charge in [-0.05, 0) is 36.7 Å². The first-order valence-electron chi connectivity index (χ1n) is 6.45. The first kappa shape index (κ1) is 14.9. The lowest BCUT2D eigenvalue weighted by Gasteiger charge is -2.11. The van der Waals surface area contributed by atoms with Gasteiger partial charge >= 0.3 is 0 Å². The molecule has 0 spiro atoms. The standard InChI is InChI=1S/C15H15FN2O3/c16-13-5-6-14(18(19)20)12(9-13)10-21-15-4-2-1-3-11(15)7-8-17/h1-6,9H,7-8,10,17H2. The van der Waals surface area contributed by atoms with Crippen LogP contribution >= 0.6 is 0 Å². The highest BCUT2D eigenvalue weighted by molar-refractivity contribution is 5.41. The lowest BCUT2D eigenvalue weighted by atomic mass is 10.1. The molecule has 0 radical (unpaired) electrons. The van der Waals surface area contributed by atoms with Gasteiger partial charge in [-0.3, -0.25) is 10.1 Å². The molecule has 2 aromatic carbocycles. The Morgan fingerprint density at radius 1 is 1.19 bits per heavy atom. The second-order valence-corrected chi connectivity index (χ2v) is 4.47. The van der Waals surface area contributed by atoms with Crippen molar-refractivity contribution in [3.63, 3.8) is 0 Å². The highest BCUT2D eigenvalue weighted by Gasteiger charge is 2.15. The lowest BCUT2D eigenvalue weighted by molar-refractivity contribution is -0.385. The van der Waals surface area contributed by atoms with E-state index in [1.54, 1.807) is 12.1 Å². The summed E-state index contributed by atoms with van der Waals surface area (Å²) < 4.78 is 18.8. The molecule has 2 rings (SSSR count). The molecule has 0 unspecified atom stereocenters. The molecular weight excluding hydrogens is 275 g/mol. The number of halogens is 1. The molecule has 5 nitrogen and oxygen atoms in total. The van der Waals surface area contributed by atoms with Crippen LogP contribution in [-0.2, 0) is 13.0 Å². The Bertz CT molecular complexity index is 647. The summed E-state index contributed by atoms with van der Waals surface area (Å²) >= 11 is 0. The molecule has 0 fully saturated rings. The van der Waals surface area contributed by atoms with Crippen molar-refractivity contribution in [1.29, 1.82) is 0 Å². The van der Waals surface area contributed by atoms with Crippen LogP contribution in [0.25, 0.3) is 0 Å². The summed E-state index contributed by atoms with van der Waals surface area (Å²) in [6.07, 6.45) is 0.640. The minimum atomic E-state index is -0.552. The highest BCUT2D eigenvalue weighted by Crippen LogP contribution is 2.24. The van der Waals surface area contributed by atoms with Gasteiger partial charge in [0, 0.05) is 6.07 Å². The maximum atomic E-state index is 13.2. The molecule has 0 heterocycles. The van der Waals surface area contributed by atoms with Gasteiger partial charge in [-0.2, -0.15) is 0 Å². The monoisotopic (exact) mass is 290 g/mol. The van der Waals surface area contributed by atoms with E-state index in [-0.39, 0.29) is 17.9 Å². The van der Waals surface area contributed by atoms with Gasteiger partial charge in [0.1, 0.15) is 18.2 Å². The number of rotatable bonds is 6. The Hall–Kier alpha value is -2.47. The summed E-state index contributed by atoms with van der Waals surface area (Å²) in [5, 5.41) is 10.9. The number of nitrogens with zero attached hydrogens (tertiary/aromatic N) is 1. The van der Waals surface area contributed by atoms with E-state index in [0.717, 1.165) is 23.8 Å². The van der Waals surface area contributed by atoms with Crippen LogP contribution < -0.4 is 10.5 Å². The second-order valence-electron chi connectivity index (χ2n) is 4.47. The Balaban J connectivity index is 2.20. The smallest absolute Gasteiger partial charge is 0.276 e. The van der Waals surface area contributed by atoms with Crippen molar-refractivity contribution >= 4 is 5.69 Å². The highest BCUT2D eigenvalue weighted by atomic mass is 19.1. The number of nitrogens with two attached hydrogens (primary N) is 1. The summed E-state index contributed by atoms with van der Waals surface area (Å²) in [6, 6.07) is 10.6. The molecule has 110 valence electrons. The van der Waals surface area contributed by atoms with Crippen molar-refractivity contribution in [2.45, 2.75) is 13.0 Å². The predicted molar refractivity (Wildman–Crippen MR) is 76.6 cm³/mol. The van der Waals surface area contributed by atoms with Crippen LogP contribution in [0.5, 0.6) is 5.75 Å². The molecule has 21 heavy (non-hydrogen) atoms. The van der Waals surface area contributed by atoms with Gasteiger partial charge in [0.2, 0.25) is 0 Å². The summed E-state index contributed by atoms with van der Waals surface area (Å²) in [4.78, 5) is 10.4. The molecule has 2 aromatic rings. The van der Waals surface area contributed by atoms with Crippen molar-refractivity contribution in [2.24, 2.45) is 5.73 Å². The zero-order chi connectivity index (χ0) is 15.2. The molecule has 0 atom stereocenters. The summed E-state index contributed by atoms with van der Waals surface area (Å²) in [7, 11) is 0. The van der Waals surface area contributed by atoms with E-state index in [9.17, 15) is 14.5 Å². The first-order chi connectivity index (χ1) is 10.1. The number of para-hydroxylation sites is 1. The van der Waals surface area contributed by atoms with E-state index < -0.39 is 10.7 Å². The van der Waals surface area contributed by atoms with Crippen LogP contribution in [0.4, 0.5) is 10.1 Å². The lowest BCUT2D eigenvalue weighted by Crippen LogP contribution is -2.06. The summed E-state index contributed by atoms with van der Waals surface area (Å²) in [5.41, 5.74) is 6.48. The average molecular weight is 290 g/mol. The first-order valence-corrected chi connectivity index (χ1v) is 6.45. The number of hydrogen-bond donors (Lipinski definition) is 1. The molecule has 0 saturated carbocycles. The van der Waals surface area contributed by atoms with Gasteiger partial charge in [0.15, 0.2) is 0 Å². The van der Waals surface area contributed by atoms with Crippen LogP contribution in [0.1, 0.15) is 11.1 Å². The summed E-state index contributed by atoms with van der Waals surface area (Å²) in [6.45, 7) is 0.399. The molecule has 0 saturated heterocycles. The average Bonchev–Trinajstić information content (AvgIpc) is 2.46. The number of nitro benzene ring substituents is 1. The SMILES string of the molecule is NCCc1ccccc1OCc1cc(F)ccc1[N+](=O)[O-]. The third-order valence-electron chi connectivity index (χ3n) is 3.01. The molecule has 0 aromatic heterocycles. The van der Waals surface area contributed by atoms with E-state index in [2.05, 4.69) is 0 Å². The normalized spacial score (nSPS) is 10.4. The van der Waals surface area contributed by atoms with E-state index >= 15 is 0 Å². The van der Waals surface area contributed by atoms with Gasteiger partial charge in [0.25, 0.3) is 5.69 Å². The van der Waals surface area contributed by atoms with E-state index in [1.807, 2.05) is 12.1 Å². The third kappa shape index (κ3) is 3.76. The fourth-order valence-corrected chi connectivity index (χ4v) is 2.01. The van der Waals surface area contributed by atoms with Crippen molar-refractivity contribution < 1.29 is 14.1 Å². The maximum Gasteiger partial charge on any atom is 0.276 e. The fourth-order valence-electron chi connectivity index (χ4n) is 2.01. The number of benzene rings is 2. The van der Waals surface area contributed by atoms with Gasteiger partial charge < -0.3 is 10.5 Å². The Labute approximate surface area is 121 Å². The summed E-state index contributed by atoms with van der Waals surface area (Å²) in [5.74, 6) is 0.0657. The van der Waals surface area contributed by atoms with Crippen molar-refractivity contribution in [1.82, 2.24) is 0 Å². The maximum absolute atomic E-state index is 13.2. The Kier molecular flexibility index (Phi) is 4.84. The molecule has 0 aliphatic rings. The molecule has 0 aliphatic carbocycles. The predicted octanol–water partition coefficient (Wildman–Crippen LogP) is 2.81. The fraction of sp³-hybridized carbons (Fsp3) is 0.200. The topological polar surface area (TPSA) is 78.4 Å². The molecule has 6 heteroatoms. The molecule has 0 bridgehead atoms. The minimum absolute atomic E-state index is 0.0738. The second kappa shape index (κ2) is 6.81. The van der Waals surface area contributed by atoms with Crippen LogP contribution in [0, 0.1) is 15.9 Å². The molecular formula is C15H15FN2O3. The van der Waals surface area contributed by atoms with Gasteiger partial charge in [-0.25, -0.2) is 4.39 Å². The van der Waals surface area contributed by atoms with Crippen LogP contribution in [0.2, 0.25) is 0 Å². The largest absolute Gasteiger partial charge is 0.488 e. The van der Waals surface area contributed by atoms with Gasteiger partial charge in [0.05, 0.1) is 10.5 Å². The zero-order valence-corrected chi connectivity index (χ0v) is 11.3. The van der Waals surface area contributed by atoms with E-state index in [1.165, 1.54) is 0 Å². The Morgan fingerprint density at radius 2 is 1.95 bits per heavy atom. The van der Waals surface area contributed by atoms with Crippen molar-refractivity contribution in [2.75, 3.05) is 6.54 Å². The minimum Gasteiger partial charge on any atom is -0.488 e. The van der Waals surface area contributed by atoms with Crippen molar-refractivity contribution in [3.8, 4) is 5.75 Å². The quantitative estimate of drug-likeness (QED) is 0.655. The third-order valence-corrected chi connectivity index (χ3v) is 3.01.